The van der Waals surface area contributed by atoms with Crippen molar-refractivity contribution in [3.63, 3.8) is 0 Å². The number of nitrogens with two attached hydrogens (primary N) is 1. The summed E-state index contributed by atoms with van der Waals surface area (Å²) < 4.78 is 17.9. The minimum Gasteiger partial charge on any atom is -0.440 e. The van der Waals surface area contributed by atoms with E-state index in [4.69, 9.17) is 10.2 Å². The standard InChI is InChI=1S/C16H16N2O2S/c1-11-5-2-3-6-12(11)9-21(19)10-15-18-16-13(17)7-4-8-14(16)20-15/h2-8H,9-10,17H2,1H3. The van der Waals surface area contributed by atoms with E-state index in [0.29, 0.717) is 34.2 Å². The Hall–Kier alpha value is -2.14. The van der Waals surface area contributed by atoms with Gasteiger partial charge in [-0.1, -0.05) is 30.3 Å². The Balaban J connectivity index is 1.77. The van der Waals surface area contributed by atoms with Crippen molar-refractivity contribution in [3.05, 3.63) is 59.5 Å². The van der Waals surface area contributed by atoms with E-state index in [2.05, 4.69) is 4.98 Å². The van der Waals surface area contributed by atoms with Gasteiger partial charge in [0.05, 0.1) is 5.69 Å². The predicted molar refractivity (Wildman–Crippen MR) is 85.2 cm³/mol. The number of hydrogen-bond donors (Lipinski definition) is 1. The molecular formula is C16H16N2O2S. The third-order valence-electron chi connectivity index (χ3n) is 3.36. The topological polar surface area (TPSA) is 69.1 Å². The summed E-state index contributed by atoms with van der Waals surface area (Å²) in [4.78, 5) is 4.33. The summed E-state index contributed by atoms with van der Waals surface area (Å²) in [6, 6.07) is 13.4. The van der Waals surface area contributed by atoms with Gasteiger partial charge in [0, 0.05) is 16.6 Å². The third-order valence-corrected chi connectivity index (χ3v) is 4.56. The molecule has 0 bridgehead atoms. The zero-order valence-electron chi connectivity index (χ0n) is 11.7. The molecule has 4 nitrogen and oxygen atoms in total. The molecule has 0 aliphatic heterocycles. The number of nitrogen functional groups attached to an aromatic ring is 1. The molecule has 0 spiro atoms. The molecule has 0 amide bonds. The lowest BCUT2D eigenvalue weighted by Gasteiger charge is -2.04. The van der Waals surface area contributed by atoms with Crippen molar-refractivity contribution < 1.29 is 8.63 Å². The molecule has 1 unspecified atom stereocenters. The maximum atomic E-state index is 12.3. The van der Waals surface area contributed by atoms with Gasteiger partial charge in [0.15, 0.2) is 5.58 Å². The molecule has 3 rings (SSSR count). The largest absolute Gasteiger partial charge is 0.440 e. The fourth-order valence-corrected chi connectivity index (χ4v) is 3.38. The van der Waals surface area contributed by atoms with Crippen LogP contribution in [0.25, 0.3) is 11.1 Å². The fourth-order valence-electron chi connectivity index (χ4n) is 2.21. The van der Waals surface area contributed by atoms with Crippen LogP contribution in [0.3, 0.4) is 0 Å². The molecule has 5 heteroatoms. The SMILES string of the molecule is Cc1ccccc1CS(=O)Cc1nc2c(N)cccc2o1. The molecule has 3 aromatic rings. The lowest BCUT2D eigenvalue weighted by molar-refractivity contribution is 0.552. The Kier molecular flexibility index (Phi) is 3.75. The molecule has 0 saturated carbocycles. The molecule has 2 N–H and O–H groups in total. The lowest BCUT2D eigenvalue weighted by Crippen LogP contribution is -2.01. The van der Waals surface area contributed by atoms with E-state index in [-0.39, 0.29) is 0 Å². The number of benzene rings is 2. The first-order valence-corrected chi connectivity index (χ1v) is 8.15. The number of rotatable bonds is 4. The van der Waals surface area contributed by atoms with Gasteiger partial charge in [0.25, 0.3) is 0 Å². The number of nitrogens with zero attached hydrogens (tertiary/aromatic N) is 1. The van der Waals surface area contributed by atoms with Crippen LogP contribution in [-0.4, -0.2) is 9.19 Å². The van der Waals surface area contributed by atoms with Gasteiger partial charge >= 0.3 is 0 Å². The molecule has 21 heavy (non-hydrogen) atoms. The maximum absolute atomic E-state index is 12.3. The van der Waals surface area contributed by atoms with E-state index in [9.17, 15) is 4.21 Å². The van der Waals surface area contributed by atoms with Crippen molar-refractivity contribution in [1.82, 2.24) is 4.98 Å². The second kappa shape index (κ2) is 5.69. The number of oxazole rings is 1. The Morgan fingerprint density at radius 1 is 1.14 bits per heavy atom. The summed E-state index contributed by atoms with van der Waals surface area (Å²) in [6.45, 7) is 2.02. The van der Waals surface area contributed by atoms with Gasteiger partial charge in [0.1, 0.15) is 11.3 Å². The molecule has 2 aromatic carbocycles. The van der Waals surface area contributed by atoms with E-state index in [1.165, 1.54) is 0 Å². The fraction of sp³-hybridized carbons (Fsp3) is 0.188. The van der Waals surface area contributed by atoms with E-state index in [0.717, 1.165) is 11.1 Å². The Morgan fingerprint density at radius 3 is 2.71 bits per heavy atom. The summed E-state index contributed by atoms with van der Waals surface area (Å²) in [5, 5.41) is 0. The van der Waals surface area contributed by atoms with Gasteiger partial charge in [-0.2, -0.15) is 0 Å². The van der Waals surface area contributed by atoms with Gasteiger partial charge < -0.3 is 10.2 Å². The highest BCUT2D eigenvalue weighted by molar-refractivity contribution is 7.83. The average molecular weight is 300 g/mol. The smallest absolute Gasteiger partial charge is 0.208 e. The summed E-state index contributed by atoms with van der Waals surface area (Å²) in [6.07, 6.45) is 0. The van der Waals surface area contributed by atoms with Crippen LogP contribution in [0.1, 0.15) is 17.0 Å². The Labute approximate surface area is 125 Å². The molecule has 0 aliphatic carbocycles. The van der Waals surface area contributed by atoms with Gasteiger partial charge in [-0.25, -0.2) is 4.98 Å². The quantitative estimate of drug-likeness (QED) is 0.751. The van der Waals surface area contributed by atoms with Crippen LogP contribution in [0.2, 0.25) is 0 Å². The summed E-state index contributed by atoms with van der Waals surface area (Å²) in [5.74, 6) is 1.26. The lowest BCUT2D eigenvalue weighted by atomic mass is 10.1. The van der Waals surface area contributed by atoms with Crippen molar-refractivity contribution in [3.8, 4) is 0 Å². The second-order valence-electron chi connectivity index (χ2n) is 4.96. The van der Waals surface area contributed by atoms with Crippen LogP contribution in [0.5, 0.6) is 0 Å². The minimum atomic E-state index is -1.06. The highest BCUT2D eigenvalue weighted by Crippen LogP contribution is 2.22. The first-order valence-electron chi connectivity index (χ1n) is 6.67. The van der Waals surface area contributed by atoms with E-state index >= 15 is 0 Å². The molecule has 1 atom stereocenters. The van der Waals surface area contributed by atoms with Gasteiger partial charge in [0.2, 0.25) is 5.89 Å². The van der Waals surface area contributed by atoms with Crippen LogP contribution in [0.15, 0.2) is 46.9 Å². The van der Waals surface area contributed by atoms with Gasteiger partial charge in [-0.05, 0) is 30.2 Å². The third kappa shape index (κ3) is 2.97. The number of fused-ring (bicyclic) bond motifs is 1. The van der Waals surface area contributed by atoms with E-state index in [1.54, 1.807) is 6.07 Å². The number of aryl methyl sites for hydroxylation is 1. The zero-order chi connectivity index (χ0) is 14.8. The summed E-state index contributed by atoms with van der Waals surface area (Å²) in [7, 11) is -1.06. The molecule has 0 radical (unpaired) electrons. The van der Waals surface area contributed by atoms with E-state index in [1.807, 2.05) is 43.3 Å². The summed E-state index contributed by atoms with van der Waals surface area (Å²) >= 11 is 0. The number of hydrogen-bond acceptors (Lipinski definition) is 4. The van der Waals surface area contributed by atoms with Crippen LogP contribution in [0, 0.1) is 6.92 Å². The minimum absolute atomic E-state index is 0.294. The zero-order valence-corrected chi connectivity index (χ0v) is 12.5. The van der Waals surface area contributed by atoms with Crippen molar-refractivity contribution in [2.75, 3.05) is 5.73 Å². The van der Waals surface area contributed by atoms with Crippen molar-refractivity contribution in [2.24, 2.45) is 0 Å². The van der Waals surface area contributed by atoms with Crippen molar-refractivity contribution >= 4 is 27.6 Å². The molecule has 0 saturated heterocycles. The molecule has 0 aliphatic rings. The molecule has 108 valence electrons. The van der Waals surface area contributed by atoms with Gasteiger partial charge in [-0.15, -0.1) is 0 Å². The van der Waals surface area contributed by atoms with Crippen LogP contribution in [0.4, 0.5) is 5.69 Å². The molecule has 1 aromatic heterocycles. The molecular weight excluding hydrogens is 284 g/mol. The van der Waals surface area contributed by atoms with Crippen LogP contribution < -0.4 is 5.73 Å². The number of anilines is 1. The first kappa shape index (κ1) is 13.8. The normalized spacial score (nSPS) is 12.6. The van der Waals surface area contributed by atoms with Crippen LogP contribution in [-0.2, 0) is 22.3 Å². The van der Waals surface area contributed by atoms with Crippen molar-refractivity contribution in [1.29, 1.82) is 0 Å². The molecule has 0 fully saturated rings. The van der Waals surface area contributed by atoms with Crippen molar-refractivity contribution in [2.45, 2.75) is 18.4 Å². The number of aromatic nitrogens is 1. The monoisotopic (exact) mass is 300 g/mol. The van der Waals surface area contributed by atoms with E-state index < -0.39 is 10.8 Å². The predicted octanol–water partition coefficient (Wildman–Crippen LogP) is 3.17. The van der Waals surface area contributed by atoms with Crippen LogP contribution >= 0.6 is 0 Å². The second-order valence-corrected chi connectivity index (χ2v) is 6.41. The van der Waals surface area contributed by atoms with Gasteiger partial charge in [-0.3, -0.25) is 4.21 Å². The highest BCUT2D eigenvalue weighted by atomic mass is 32.2. The Morgan fingerprint density at radius 2 is 1.95 bits per heavy atom. The highest BCUT2D eigenvalue weighted by Gasteiger charge is 2.12. The average Bonchev–Trinajstić information content (AvgIpc) is 2.85. The maximum Gasteiger partial charge on any atom is 0.208 e. The molecule has 1 heterocycles. The first-order chi connectivity index (χ1) is 10.1. The summed E-state index contributed by atoms with van der Waals surface area (Å²) in [5.41, 5.74) is 9.93. The Bertz CT molecular complexity index is 811. The number of para-hydroxylation sites is 1.